The van der Waals surface area contributed by atoms with Crippen LogP contribution in [0.4, 0.5) is 28.4 Å². The number of nitro benzene ring substituents is 3. The van der Waals surface area contributed by atoms with Gasteiger partial charge in [0.1, 0.15) is 14.2 Å². The SMILES string of the molecule is COc1ccccc1NC1CCN(S(=O)(=O)c2ccc(CNC(=O)c3ccc([N+](=O)[O-])cc3)s2)CC1.O=C(NCc1ccc(S(=O)(=O)N2CCC(Nc3cccc([N+](=O)[O-])c3)CC2)s1)c1ccc([N+](=O)[O-])cc1. The monoisotopic (exact) mass is 1080 g/mol. The van der Waals surface area contributed by atoms with Gasteiger partial charge in [0, 0.05) is 101 Å². The molecule has 0 aliphatic carbocycles. The fourth-order valence-corrected chi connectivity index (χ4v) is 13.7. The van der Waals surface area contributed by atoms with Crippen molar-refractivity contribution in [2.75, 3.05) is 43.9 Å². The number of carbonyl (C=O) groups excluding carboxylic acids is 2. The first-order chi connectivity index (χ1) is 34.9. The van der Waals surface area contributed by atoms with Crippen LogP contribution in [0.1, 0.15) is 56.2 Å². The third-order valence-corrected chi connectivity index (χ3v) is 18.7. The fraction of sp³-hybridized carbons (Fsp3) is 0.277. The summed E-state index contributed by atoms with van der Waals surface area (Å²) in [6, 6.07) is 30.9. The van der Waals surface area contributed by atoms with Crippen LogP contribution in [0.3, 0.4) is 0 Å². The Morgan fingerprint density at radius 2 is 1.01 bits per heavy atom. The number of carbonyl (C=O) groups is 2. The van der Waals surface area contributed by atoms with Gasteiger partial charge >= 0.3 is 0 Å². The Kier molecular flexibility index (Phi) is 17.5. The molecule has 22 nitrogen and oxygen atoms in total. The normalized spacial score (nSPS) is 14.8. The molecule has 8 rings (SSSR count). The van der Waals surface area contributed by atoms with Crippen LogP contribution in [-0.2, 0) is 33.1 Å². The molecule has 0 bridgehead atoms. The fourth-order valence-electron chi connectivity index (χ4n) is 7.86. The third-order valence-electron chi connectivity index (χ3n) is 11.8. The largest absolute Gasteiger partial charge is 0.495 e. The molecule has 384 valence electrons. The van der Waals surface area contributed by atoms with Crippen molar-refractivity contribution in [1.82, 2.24) is 19.2 Å². The molecule has 0 spiro atoms. The Bertz CT molecular complexity index is 3170. The van der Waals surface area contributed by atoms with E-state index in [0.29, 0.717) is 67.3 Å². The standard InChI is InChI=1S/C24H26N4O6S2.C23H23N5O7S2/c1-34-22-5-3-2-4-21(22)26-18-12-14-27(15-13-18)36(32,33)23-11-10-20(35-23)16-25-24(29)17-6-8-19(9-7-17)28(30)31;29-23(16-4-6-19(7-5-16)27(30)31)24-15-21-8-9-22(36-21)37(34,35)26-12-10-17(11-13-26)25-18-2-1-3-20(14-18)28(32)33/h2-11,18,26H,12-16H2,1H3,(H,25,29);1-9,14,17,25H,10-13,15H2,(H,24,29). The maximum Gasteiger partial charge on any atom is 0.271 e. The molecule has 2 aliphatic rings. The average Bonchev–Trinajstić information content (AvgIpc) is 4.10. The summed E-state index contributed by atoms with van der Waals surface area (Å²) in [6.07, 6.45) is 2.43. The molecule has 0 saturated carbocycles. The van der Waals surface area contributed by atoms with Crippen LogP contribution in [0.5, 0.6) is 5.75 Å². The number of thiophene rings is 2. The second kappa shape index (κ2) is 23.9. The Labute approximate surface area is 427 Å². The number of para-hydroxylation sites is 2. The highest BCUT2D eigenvalue weighted by Crippen LogP contribution is 2.31. The van der Waals surface area contributed by atoms with Crippen molar-refractivity contribution >= 4 is 83.0 Å². The van der Waals surface area contributed by atoms with E-state index in [1.165, 1.54) is 75.3 Å². The highest BCUT2D eigenvalue weighted by molar-refractivity contribution is 7.91. The Morgan fingerprint density at radius 3 is 1.45 bits per heavy atom. The highest BCUT2D eigenvalue weighted by atomic mass is 32.3. The van der Waals surface area contributed by atoms with E-state index in [-0.39, 0.29) is 61.8 Å². The van der Waals surface area contributed by atoms with Gasteiger partial charge in [0.05, 0.1) is 40.7 Å². The van der Waals surface area contributed by atoms with Crippen LogP contribution in [0.25, 0.3) is 0 Å². The molecule has 2 aromatic heterocycles. The lowest BCUT2D eigenvalue weighted by atomic mass is 10.1. The summed E-state index contributed by atoms with van der Waals surface area (Å²) < 4.78 is 61.3. The minimum Gasteiger partial charge on any atom is -0.495 e. The van der Waals surface area contributed by atoms with Crippen molar-refractivity contribution in [2.45, 2.75) is 59.3 Å². The summed E-state index contributed by atoms with van der Waals surface area (Å²) in [6.45, 7) is 1.68. The third kappa shape index (κ3) is 13.8. The van der Waals surface area contributed by atoms with Gasteiger partial charge in [0.25, 0.3) is 48.9 Å². The van der Waals surface area contributed by atoms with Gasteiger partial charge in [0.2, 0.25) is 0 Å². The molecule has 2 saturated heterocycles. The lowest BCUT2D eigenvalue weighted by molar-refractivity contribution is -0.385. The number of rotatable bonds is 18. The number of piperidine rings is 2. The zero-order chi connectivity index (χ0) is 52.3. The van der Waals surface area contributed by atoms with Crippen LogP contribution in [0.15, 0.2) is 130 Å². The first-order valence-electron chi connectivity index (χ1n) is 22.5. The molecular formula is C47H49N9O13S4. The quantitative estimate of drug-likeness (QED) is 0.0475. The molecule has 73 heavy (non-hydrogen) atoms. The van der Waals surface area contributed by atoms with Gasteiger partial charge in [0.15, 0.2) is 0 Å². The van der Waals surface area contributed by atoms with E-state index < -0.39 is 46.6 Å². The first kappa shape index (κ1) is 53.4. The predicted octanol–water partition coefficient (Wildman–Crippen LogP) is 7.62. The molecule has 0 atom stereocenters. The van der Waals surface area contributed by atoms with E-state index in [0.717, 1.165) is 34.1 Å². The Hall–Kier alpha value is -7.36. The summed E-state index contributed by atoms with van der Waals surface area (Å²) >= 11 is 2.19. The number of hydrogen-bond donors (Lipinski definition) is 4. The number of non-ortho nitro benzene ring substituents is 3. The number of nitrogens with one attached hydrogen (secondary N) is 4. The van der Waals surface area contributed by atoms with Gasteiger partial charge in [-0.25, -0.2) is 16.8 Å². The van der Waals surface area contributed by atoms with Crippen LogP contribution in [0.2, 0.25) is 0 Å². The zero-order valence-electron chi connectivity index (χ0n) is 38.9. The van der Waals surface area contributed by atoms with Crippen molar-refractivity contribution < 1.29 is 45.9 Å². The molecule has 2 aliphatic heterocycles. The molecule has 0 unspecified atom stereocenters. The van der Waals surface area contributed by atoms with Gasteiger partial charge in [-0.2, -0.15) is 8.61 Å². The van der Waals surface area contributed by atoms with Crippen molar-refractivity contribution in [3.05, 3.63) is 173 Å². The number of benzene rings is 4. The topological polar surface area (TPSA) is 296 Å². The number of amides is 2. The molecule has 0 radical (unpaired) electrons. The number of nitrogens with zero attached hydrogens (tertiary/aromatic N) is 5. The van der Waals surface area contributed by atoms with E-state index in [2.05, 4.69) is 21.3 Å². The van der Waals surface area contributed by atoms with E-state index in [9.17, 15) is 56.8 Å². The number of hydrogen-bond acceptors (Lipinski definition) is 17. The molecule has 2 amide bonds. The average molecular weight is 1080 g/mol. The minimum atomic E-state index is -3.70. The predicted molar refractivity (Wildman–Crippen MR) is 274 cm³/mol. The molecule has 4 aromatic carbocycles. The van der Waals surface area contributed by atoms with Crippen LogP contribution >= 0.6 is 22.7 Å². The van der Waals surface area contributed by atoms with Crippen molar-refractivity contribution in [3.63, 3.8) is 0 Å². The van der Waals surface area contributed by atoms with Gasteiger partial charge < -0.3 is 26.0 Å². The van der Waals surface area contributed by atoms with Crippen molar-refractivity contribution in [1.29, 1.82) is 0 Å². The minimum absolute atomic E-state index is 0.0116. The van der Waals surface area contributed by atoms with Crippen LogP contribution in [0, 0.1) is 30.3 Å². The van der Waals surface area contributed by atoms with Gasteiger partial charge in [-0.15, -0.1) is 22.7 Å². The number of ether oxygens (including phenoxy) is 1. The number of sulfonamides is 2. The van der Waals surface area contributed by atoms with Crippen LogP contribution < -0.4 is 26.0 Å². The van der Waals surface area contributed by atoms with Crippen LogP contribution in [-0.4, -0.2) is 97.4 Å². The molecule has 4 heterocycles. The first-order valence-corrected chi connectivity index (χ1v) is 27.1. The summed E-state index contributed by atoms with van der Waals surface area (Å²) in [5.74, 6) is -0.0716. The maximum atomic E-state index is 13.2. The van der Waals surface area contributed by atoms with Gasteiger partial charge in [-0.05, 0) is 92.4 Å². The highest BCUT2D eigenvalue weighted by Gasteiger charge is 2.32. The second-order valence-electron chi connectivity index (χ2n) is 16.6. The summed E-state index contributed by atoms with van der Waals surface area (Å²) in [5, 5.41) is 44.6. The molecule has 2 fully saturated rings. The van der Waals surface area contributed by atoms with Crippen molar-refractivity contribution in [2.24, 2.45) is 0 Å². The summed E-state index contributed by atoms with van der Waals surface area (Å²) in [7, 11) is -5.71. The molecule has 26 heteroatoms. The number of methoxy groups -OCH3 is 1. The van der Waals surface area contributed by atoms with E-state index in [1.807, 2.05) is 24.3 Å². The Morgan fingerprint density at radius 1 is 0.575 bits per heavy atom. The smallest absolute Gasteiger partial charge is 0.271 e. The second-order valence-corrected chi connectivity index (χ2v) is 23.2. The van der Waals surface area contributed by atoms with Gasteiger partial charge in [-0.1, -0.05) is 18.2 Å². The van der Waals surface area contributed by atoms with E-state index in [4.69, 9.17) is 4.74 Å². The van der Waals surface area contributed by atoms with Gasteiger partial charge in [-0.3, -0.25) is 39.9 Å². The maximum absolute atomic E-state index is 13.2. The number of nitro groups is 3. The lowest BCUT2D eigenvalue weighted by Gasteiger charge is -2.32. The molecule has 4 N–H and O–H groups in total. The summed E-state index contributed by atoms with van der Waals surface area (Å²) in [4.78, 5) is 56.9. The Balaban J connectivity index is 0.000000214. The molecule has 6 aromatic rings. The lowest BCUT2D eigenvalue weighted by Crippen LogP contribution is -2.42. The van der Waals surface area contributed by atoms with E-state index in [1.54, 1.807) is 37.4 Å². The summed E-state index contributed by atoms with van der Waals surface area (Å²) in [5.41, 5.74) is 1.83. The zero-order valence-corrected chi connectivity index (χ0v) is 42.2. The molecular weight excluding hydrogens is 1030 g/mol. The number of anilines is 2. The van der Waals surface area contributed by atoms with Crippen molar-refractivity contribution in [3.8, 4) is 5.75 Å². The van der Waals surface area contributed by atoms with E-state index >= 15 is 0 Å².